The summed E-state index contributed by atoms with van der Waals surface area (Å²) < 4.78 is 5.82. The van der Waals surface area contributed by atoms with Gasteiger partial charge in [0, 0.05) is 19.6 Å². The van der Waals surface area contributed by atoms with Gasteiger partial charge in [-0.1, -0.05) is 36.4 Å². The van der Waals surface area contributed by atoms with Crippen molar-refractivity contribution in [3.8, 4) is 0 Å². The predicted octanol–water partition coefficient (Wildman–Crippen LogP) is 2.39. The van der Waals surface area contributed by atoms with Crippen LogP contribution in [-0.4, -0.2) is 42.4 Å². The first-order valence-corrected chi connectivity index (χ1v) is 6.97. The molecule has 1 saturated heterocycles. The predicted molar refractivity (Wildman–Crippen MR) is 77.0 cm³/mol. The Labute approximate surface area is 115 Å². The molecule has 0 aliphatic carbocycles. The molecule has 1 aromatic carbocycles. The molecule has 3 nitrogen and oxygen atoms in total. The van der Waals surface area contributed by atoms with Crippen LogP contribution in [0.2, 0.25) is 0 Å². The van der Waals surface area contributed by atoms with E-state index in [9.17, 15) is 5.11 Å². The molecule has 1 aromatic rings. The molecule has 0 amide bonds. The Balaban J connectivity index is 1.85. The molecular formula is C16H23NO2. The number of ether oxygens (including phenoxy) is 1. The monoisotopic (exact) mass is 261 g/mol. The number of hydrogen-bond donors (Lipinski definition) is 1. The van der Waals surface area contributed by atoms with Gasteiger partial charge in [-0.2, -0.15) is 0 Å². The van der Waals surface area contributed by atoms with Gasteiger partial charge in [0.25, 0.3) is 0 Å². The summed E-state index contributed by atoms with van der Waals surface area (Å²) >= 11 is 0. The standard InChI is InChI=1S/C16H23NO2/c1-2-3-9-15(18)12-17-10-11-19-16(13-17)14-7-5-4-6-8-14/h2,4-8,15-16,18H,1,3,9-13H2/t15-,16-/m1/s1. The van der Waals surface area contributed by atoms with Crippen LogP contribution >= 0.6 is 0 Å². The van der Waals surface area contributed by atoms with Crippen LogP contribution in [0.4, 0.5) is 0 Å². The Hall–Kier alpha value is -1.16. The molecule has 2 atom stereocenters. The summed E-state index contributed by atoms with van der Waals surface area (Å²) in [6.45, 7) is 6.89. The zero-order valence-corrected chi connectivity index (χ0v) is 11.4. The average molecular weight is 261 g/mol. The number of nitrogens with zero attached hydrogens (tertiary/aromatic N) is 1. The van der Waals surface area contributed by atoms with Crippen LogP contribution in [0.25, 0.3) is 0 Å². The summed E-state index contributed by atoms with van der Waals surface area (Å²) in [6, 6.07) is 10.3. The highest BCUT2D eigenvalue weighted by atomic mass is 16.5. The maximum absolute atomic E-state index is 9.96. The molecule has 1 N–H and O–H groups in total. The van der Waals surface area contributed by atoms with E-state index in [0.717, 1.165) is 39.1 Å². The lowest BCUT2D eigenvalue weighted by Gasteiger charge is -2.34. The number of morpholine rings is 1. The molecular weight excluding hydrogens is 238 g/mol. The molecule has 0 bridgehead atoms. The lowest BCUT2D eigenvalue weighted by molar-refractivity contribution is -0.0426. The van der Waals surface area contributed by atoms with Gasteiger partial charge in [-0.05, 0) is 18.4 Å². The van der Waals surface area contributed by atoms with Crippen LogP contribution in [0, 0.1) is 0 Å². The van der Waals surface area contributed by atoms with E-state index in [1.165, 1.54) is 5.56 Å². The fourth-order valence-electron chi connectivity index (χ4n) is 2.44. The number of benzene rings is 1. The van der Waals surface area contributed by atoms with Crippen LogP contribution in [0.5, 0.6) is 0 Å². The fraction of sp³-hybridized carbons (Fsp3) is 0.500. The van der Waals surface area contributed by atoms with Gasteiger partial charge in [-0.25, -0.2) is 0 Å². The zero-order valence-electron chi connectivity index (χ0n) is 11.4. The molecule has 1 heterocycles. The summed E-state index contributed by atoms with van der Waals surface area (Å²) in [5.41, 5.74) is 1.22. The fourth-order valence-corrected chi connectivity index (χ4v) is 2.44. The molecule has 0 radical (unpaired) electrons. The van der Waals surface area contributed by atoms with E-state index >= 15 is 0 Å². The smallest absolute Gasteiger partial charge is 0.0952 e. The largest absolute Gasteiger partial charge is 0.392 e. The van der Waals surface area contributed by atoms with Crippen molar-refractivity contribution in [1.29, 1.82) is 0 Å². The first-order valence-electron chi connectivity index (χ1n) is 6.97. The molecule has 19 heavy (non-hydrogen) atoms. The van der Waals surface area contributed by atoms with E-state index in [0.29, 0.717) is 0 Å². The summed E-state index contributed by atoms with van der Waals surface area (Å²) in [7, 11) is 0. The summed E-state index contributed by atoms with van der Waals surface area (Å²) in [5.74, 6) is 0. The summed E-state index contributed by atoms with van der Waals surface area (Å²) in [6.07, 6.45) is 3.37. The second-order valence-electron chi connectivity index (χ2n) is 5.05. The van der Waals surface area contributed by atoms with E-state index in [1.54, 1.807) is 0 Å². The highest BCUT2D eigenvalue weighted by Gasteiger charge is 2.23. The lowest BCUT2D eigenvalue weighted by atomic mass is 10.1. The number of aliphatic hydroxyl groups excluding tert-OH is 1. The maximum atomic E-state index is 9.96. The van der Waals surface area contributed by atoms with Gasteiger partial charge >= 0.3 is 0 Å². The SMILES string of the molecule is C=CCC[C@@H](O)CN1CCO[C@@H](c2ccccc2)C1. The molecule has 2 rings (SSSR count). The van der Waals surface area contributed by atoms with E-state index in [-0.39, 0.29) is 12.2 Å². The minimum Gasteiger partial charge on any atom is -0.392 e. The number of allylic oxidation sites excluding steroid dienone is 1. The Kier molecular flexibility index (Phi) is 5.58. The number of β-amino-alcohol motifs (C(OH)–C–C–N with tert-alkyl or cyclic N) is 1. The van der Waals surface area contributed by atoms with Crippen LogP contribution < -0.4 is 0 Å². The van der Waals surface area contributed by atoms with Gasteiger partial charge in [0.05, 0.1) is 18.8 Å². The van der Waals surface area contributed by atoms with E-state index in [2.05, 4.69) is 23.6 Å². The van der Waals surface area contributed by atoms with Crippen molar-refractivity contribution in [2.45, 2.75) is 25.0 Å². The van der Waals surface area contributed by atoms with E-state index in [1.807, 2.05) is 24.3 Å². The molecule has 104 valence electrons. The van der Waals surface area contributed by atoms with Crippen molar-refractivity contribution >= 4 is 0 Å². The van der Waals surface area contributed by atoms with Crippen LogP contribution in [0.15, 0.2) is 43.0 Å². The summed E-state index contributed by atoms with van der Waals surface area (Å²) in [5, 5.41) is 9.96. The molecule has 3 heteroatoms. The van der Waals surface area contributed by atoms with Gasteiger partial charge in [0.2, 0.25) is 0 Å². The van der Waals surface area contributed by atoms with E-state index < -0.39 is 0 Å². The van der Waals surface area contributed by atoms with Gasteiger partial charge in [0.1, 0.15) is 0 Å². The van der Waals surface area contributed by atoms with E-state index in [4.69, 9.17) is 4.74 Å². The Morgan fingerprint density at radius 2 is 2.21 bits per heavy atom. The maximum Gasteiger partial charge on any atom is 0.0952 e. The molecule has 0 unspecified atom stereocenters. The van der Waals surface area contributed by atoms with Crippen LogP contribution in [-0.2, 0) is 4.74 Å². The minimum absolute atomic E-state index is 0.126. The Morgan fingerprint density at radius 1 is 1.42 bits per heavy atom. The van der Waals surface area contributed by atoms with Gasteiger partial charge < -0.3 is 9.84 Å². The number of hydrogen-bond acceptors (Lipinski definition) is 3. The first kappa shape index (κ1) is 14.3. The Morgan fingerprint density at radius 3 is 2.95 bits per heavy atom. The van der Waals surface area contributed by atoms with Crippen LogP contribution in [0.3, 0.4) is 0 Å². The lowest BCUT2D eigenvalue weighted by Crippen LogP contribution is -2.42. The zero-order chi connectivity index (χ0) is 13.5. The molecule has 0 spiro atoms. The van der Waals surface area contributed by atoms with Gasteiger partial charge in [0.15, 0.2) is 0 Å². The third-order valence-electron chi connectivity index (χ3n) is 3.49. The second-order valence-corrected chi connectivity index (χ2v) is 5.05. The van der Waals surface area contributed by atoms with Crippen molar-refractivity contribution in [2.75, 3.05) is 26.2 Å². The molecule has 1 aliphatic heterocycles. The first-order chi connectivity index (χ1) is 9.29. The third-order valence-corrected chi connectivity index (χ3v) is 3.49. The van der Waals surface area contributed by atoms with Gasteiger partial charge in [-0.3, -0.25) is 4.90 Å². The van der Waals surface area contributed by atoms with Crippen LogP contribution in [0.1, 0.15) is 24.5 Å². The normalized spacial score (nSPS) is 22.1. The Bertz CT molecular complexity index is 380. The van der Waals surface area contributed by atoms with Gasteiger partial charge in [-0.15, -0.1) is 6.58 Å². The van der Waals surface area contributed by atoms with Crippen molar-refractivity contribution in [3.63, 3.8) is 0 Å². The quantitative estimate of drug-likeness (QED) is 0.798. The van der Waals surface area contributed by atoms with Crippen molar-refractivity contribution in [1.82, 2.24) is 4.90 Å². The highest BCUT2D eigenvalue weighted by molar-refractivity contribution is 5.18. The van der Waals surface area contributed by atoms with Crippen molar-refractivity contribution in [2.24, 2.45) is 0 Å². The number of rotatable bonds is 6. The molecule has 0 aromatic heterocycles. The number of aliphatic hydroxyl groups is 1. The highest BCUT2D eigenvalue weighted by Crippen LogP contribution is 2.22. The molecule has 1 fully saturated rings. The summed E-state index contributed by atoms with van der Waals surface area (Å²) in [4.78, 5) is 2.29. The average Bonchev–Trinajstić information content (AvgIpc) is 2.46. The molecule has 0 saturated carbocycles. The topological polar surface area (TPSA) is 32.7 Å². The minimum atomic E-state index is -0.271. The van der Waals surface area contributed by atoms with Crippen molar-refractivity contribution in [3.05, 3.63) is 48.6 Å². The second kappa shape index (κ2) is 7.43. The van der Waals surface area contributed by atoms with Crippen molar-refractivity contribution < 1.29 is 9.84 Å². The molecule has 1 aliphatic rings. The third kappa shape index (κ3) is 4.46.